The Kier molecular flexibility index (Phi) is 6.46. The third kappa shape index (κ3) is 5.08. The van der Waals surface area contributed by atoms with Gasteiger partial charge in [-0.25, -0.2) is 4.79 Å². The maximum atomic E-state index is 11.6. The molecular weight excluding hydrogens is 336 g/mol. The number of hydrogen-bond donors (Lipinski definition) is 0. The lowest BCUT2D eigenvalue weighted by Crippen LogP contribution is -2.17. The van der Waals surface area contributed by atoms with Crippen molar-refractivity contribution in [1.82, 2.24) is 0 Å². The van der Waals surface area contributed by atoms with Crippen molar-refractivity contribution in [2.45, 2.75) is 38.5 Å². The van der Waals surface area contributed by atoms with E-state index in [9.17, 15) is 4.79 Å². The minimum absolute atomic E-state index is 0.394. The van der Waals surface area contributed by atoms with Crippen LogP contribution in [-0.4, -0.2) is 19.7 Å². The minimum atomic E-state index is -0.396. The monoisotopic (exact) mass is 364 g/mol. The fourth-order valence-electron chi connectivity index (χ4n) is 3.76. The molecule has 2 aromatic rings. The minimum Gasteiger partial charge on any atom is -0.423 e. The van der Waals surface area contributed by atoms with Crippen LogP contribution in [0.25, 0.3) is 11.1 Å². The van der Waals surface area contributed by atoms with Gasteiger partial charge < -0.3 is 9.47 Å². The van der Waals surface area contributed by atoms with Gasteiger partial charge in [0, 0.05) is 19.3 Å². The highest BCUT2D eigenvalue weighted by molar-refractivity contribution is 5.88. The Balaban J connectivity index is 1.62. The average molecular weight is 364 g/mol. The molecular formula is C24H28O3. The molecule has 0 N–H and O–H groups in total. The Morgan fingerprint density at radius 1 is 0.963 bits per heavy atom. The van der Waals surface area contributed by atoms with Crippen LogP contribution in [-0.2, 0) is 9.53 Å². The third-order valence-corrected chi connectivity index (χ3v) is 5.38. The summed E-state index contributed by atoms with van der Waals surface area (Å²) in [4.78, 5) is 11.6. The molecule has 0 radical (unpaired) electrons. The predicted molar refractivity (Wildman–Crippen MR) is 109 cm³/mol. The van der Waals surface area contributed by atoms with Crippen LogP contribution in [0.2, 0.25) is 0 Å². The molecule has 1 aliphatic carbocycles. The zero-order valence-electron chi connectivity index (χ0n) is 16.2. The van der Waals surface area contributed by atoms with Gasteiger partial charge in [-0.1, -0.05) is 43.0 Å². The highest BCUT2D eigenvalue weighted by Gasteiger charge is 2.22. The summed E-state index contributed by atoms with van der Waals surface area (Å²) in [5, 5.41) is 0. The van der Waals surface area contributed by atoms with Crippen molar-refractivity contribution < 1.29 is 14.3 Å². The predicted octanol–water partition coefficient (Wildman–Crippen LogP) is 5.76. The van der Waals surface area contributed by atoms with Crippen LogP contribution in [0, 0.1) is 5.92 Å². The van der Waals surface area contributed by atoms with E-state index >= 15 is 0 Å². The lowest BCUT2D eigenvalue weighted by Gasteiger charge is -2.28. The standard InChI is InChI=1S/C24H28O3/c1-17(2)24(25)27-23-14-12-22(13-15-23)21-10-8-20(9-11-21)19-6-4-18(5-7-19)16-26-3/h8-15,18-19H,1,4-7,16H2,2-3H3. The van der Waals surface area contributed by atoms with E-state index in [0.29, 0.717) is 17.2 Å². The van der Waals surface area contributed by atoms with E-state index in [4.69, 9.17) is 9.47 Å². The molecule has 0 saturated heterocycles. The summed E-state index contributed by atoms with van der Waals surface area (Å²) in [7, 11) is 1.79. The maximum Gasteiger partial charge on any atom is 0.338 e. The zero-order chi connectivity index (χ0) is 19.2. The second-order valence-corrected chi connectivity index (χ2v) is 7.49. The molecule has 3 heteroatoms. The van der Waals surface area contributed by atoms with Crippen LogP contribution in [0.4, 0.5) is 0 Å². The summed E-state index contributed by atoms with van der Waals surface area (Å²) in [6.45, 7) is 6.13. The summed E-state index contributed by atoms with van der Waals surface area (Å²) >= 11 is 0. The molecule has 1 aliphatic rings. The van der Waals surface area contributed by atoms with Gasteiger partial charge in [-0.15, -0.1) is 0 Å². The number of methoxy groups -OCH3 is 1. The van der Waals surface area contributed by atoms with Gasteiger partial charge in [0.05, 0.1) is 0 Å². The molecule has 142 valence electrons. The largest absolute Gasteiger partial charge is 0.423 e. The number of benzene rings is 2. The van der Waals surface area contributed by atoms with E-state index in [1.54, 1.807) is 14.0 Å². The molecule has 0 bridgehead atoms. The summed E-state index contributed by atoms with van der Waals surface area (Å²) in [5.41, 5.74) is 4.11. The third-order valence-electron chi connectivity index (χ3n) is 5.38. The van der Waals surface area contributed by atoms with Gasteiger partial charge in [0.1, 0.15) is 5.75 Å². The number of esters is 1. The first-order chi connectivity index (χ1) is 13.1. The Hall–Kier alpha value is -2.39. The van der Waals surface area contributed by atoms with Gasteiger partial charge >= 0.3 is 5.97 Å². The molecule has 0 spiro atoms. The molecule has 1 saturated carbocycles. The molecule has 0 heterocycles. The summed E-state index contributed by atoms with van der Waals surface area (Å²) in [6, 6.07) is 16.5. The number of rotatable bonds is 6. The Labute approximate surface area is 162 Å². The Bertz CT molecular complexity index is 766. The van der Waals surface area contributed by atoms with Crippen LogP contribution in [0.15, 0.2) is 60.7 Å². The molecule has 0 aromatic heterocycles. The van der Waals surface area contributed by atoms with Gasteiger partial charge in [-0.3, -0.25) is 0 Å². The van der Waals surface area contributed by atoms with Crippen molar-refractivity contribution in [3.05, 3.63) is 66.2 Å². The van der Waals surface area contributed by atoms with Crippen LogP contribution in [0.1, 0.15) is 44.1 Å². The summed E-state index contributed by atoms with van der Waals surface area (Å²) < 4.78 is 10.5. The summed E-state index contributed by atoms with van der Waals surface area (Å²) in [6.07, 6.45) is 5.00. The molecule has 3 rings (SSSR count). The first-order valence-corrected chi connectivity index (χ1v) is 9.64. The Morgan fingerprint density at radius 2 is 1.52 bits per heavy atom. The van der Waals surface area contributed by atoms with Crippen LogP contribution in [0.3, 0.4) is 0 Å². The lowest BCUT2D eigenvalue weighted by atomic mass is 9.79. The van der Waals surface area contributed by atoms with Gasteiger partial charge in [0.2, 0.25) is 0 Å². The smallest absolute Gasteiger partial charge is 0.338 e. The second kappa shape index (κ2) is 9.01. The van der Waals surface area contributed by atoms with E-state index in [1.165, 1.54) is 36.8 Å². The van der Waals surface area contributed by atoms with E-state index in [2.05, 4.69) is 30.8 Å². The highest BCUT2D eigenvalue weighted by Crippen LogP contribution is 2.36. The van der Waals surface area contributed by atoms with Gasteiger partial charge in [0.15, 0.2) is 0 Å². The van der Waals surface area contributed by atoms with Crippen molar-refractivity contribution in [2.24, 2.45) is 5.92 Å². The van der Waals surface area contributed by atoms with E-state index < -0.39 is 5.97 Å². The summed E-state index contributed by atoms with van der Waals surface area (Å²) in [5.74, 6) is 1.53. The van der Waals surface area contributed by atoms with Crippen molar-refractivity contribution in [3.8, 4) is 16.9 Å². The normalized spacial score (nSPS) is 19.5. The quantitative estimate of drug-likeness (QED) is 0.372. The lowest BCUT2D eigenvalue weighted by molar-refractivity contribution is -0.130. The Morgan fingerprint density at radius 3 is 2.04 bits per heavy atom. The maximum absolute atomic E-state index is 11.6. The second-order valence-electron chi connectivity index (χ2n) is 7.49. The molecule has 1 fully saturated rings. The number of carbonyl (C=O) groups is 1. The number of ether oxygens (including phenoxy) is 2. The molecule has 0 unspecified atom stereocenters. The van der Waals surface area contributed by atoms with Gasteiger partial charge in [-0.2, -0.15) is 0 Å². The molecule has 0 aliphatic heterocycles. The van der Waals surface area contributed by atoms with E-state index in [-0.39, 0.29) is 0 Å². The van der Waals surface area contributed by atoms with E-state index in [1.807, 2.05) is 24.3 Å². The highest BCUT2D eigenvalue weighted by atomic mass is 16.5. The first-order valence-electron chi connectivity index (χ1n) is 9.64. The number of carbonyl (C=O) groups excluding carboxylic acids is 1. The molecule has 0 amide bonds. The molecule has 2 aromatic carbocycles. The van der Waals surface area contributed by atoms with Crippen LogP contribution in [0.5, 0.6) is 5.75 Å². The fraction of sp³-hybridized carbons (Fsp3) is 0.375. The fourth-order valence-corrected chi connectivity index (χ4v) is 3.76. The molecule has 27 heavy (non-hydrogen) atoms. The first kappa shape index (κ1) is 19.4. The van der Waals surface area contributed by atoms with Crippen molar-refractivity contribution in [1.29, 1.82) is 0 Å². The van der Waals surface area contributed by atoms with Crippen molar-refractivity contribution in [3.63, 3.8) is 0 Å². The number of hydrogen-bond acceptors (Lipinski definition) is 3. The topological polar surface area (TPSA) is 35.5 Å². The van der Waals surface area contributed by atoms with Crippen LogP contribution < -0.4 is 4.74 Å². The van der Waals surface area contributed by atoms with Crippen LogP contribution >= 0.6 is 0 Å². The van der Waals surface area contributed by atoms with Crippen molar-refractivity contribution >= 4 is 5.97 Å². The SMILES string of the molecule is C=C(C)C(=O)Oc1ccc(-c2ccc(C3CCC(COC)CC3)cc2)cc1. The van der Waals surface area contributed by atoms with E-state index in [0.717, 1.165) is 18.1 Å². The van der Waals surface area contributed by atoms with Crippen molar-refractivity contribution in [2.75, 3.05) is 13.7 Å². The van der Waals surface area contributed by atoms with Gasteiger partial charge in [-0.05, 0) is 73.3 Å². The van der Waals surface area contributed by atoms with Gasteiger partial charge in [0.25, 0.3) is 0 Å². The molecule has 3 nitrogen and oxygen atoms in total. The molecule has 0 atom stereocenters. The zero-order valence-corrected chi connectivity index (χ0v) is 16.2. The average Bonchev–Trinajstić information content (AvgIpc) is 2.69.